The van der Waals surface area contributed by atoms with Crippen LogP contribution in [0.3, 0.4) is 0 Å². The van der Waals surface area contributed by atoms with Gasteiger partial charge in [-0.15, -0.1) is 0 Å². The van der Waals surface area contributed by atoms with Gasteiger partial charge >= 0.3 is 0 Å². The molecule has 0 fully saturated rings. The van der Waals surface area contributed by atoms with E-state index in [0.717, 1.165) is 20.3 Å². The highest BCUT2D eigenvalue weighted by atomic mass is 127. The summed E-state index contributed by atoms with van der Waals surface area (Å²) in [6.45, 7) is 5.88. The maximum absolute atomic E-state index is 11.9. The number of halogens is 1. The minimum absolute atomic E-state index is 0.0317. The summed E-state index contributed by atoms with van der Waals surface area (Å²) in [5, 5.41) is 2.76. The molecular formula is C16H17IN2O2. The number of hydrogen-bond acceptors (Lipinski definition) is 3. The molecule has 0 aliphatic carbocycles. The van der Waals surface area contributed by atoms with Crippen LogP contribution in [-0.2, 0) is 4.79 Å². The number of aromatic nitrogens is 1. The minimum Gasteiger partial charge on any atom is -0.484 e. The normalized spacial score (nSPS) is 10.3. The van der Waals surface area contributed by atoms with Gasteiger partial charge in [0.05, 0.1) is 0 Å². The van der Waals surface area contributed by atoms with Gasteiger partial charge in [-0.3, -0.25) is 4.79 Å². The predicted molar refractivity (Wildman–Crippen MR) is 91.7 cm³/mol. The van der Waals surface area contributed by atoms with E-state index in [1.807, 2.05) is 39.0 Å². The topological polar surface area (TPSA) is 51.2 Å². The average molecular weight is 396 g/mol. The molecule has 0 aliphatic rings. The average Bonchev–Trinajstić information content (AvgIpc) is 2.39. The van der Waals surface area contributed by atoms with Gasteiger partial charge in [-0.2, -0.15) is 0 Å². The van der Waals surface area contributed by atoms with Crippen molar-refractivity contribution < 1.29 is 9.53 Å². The van der Waals surface area contributed by atoms with Gasteiger partial charge in [-0.25, -0.2) is 4.98 Å². The summed E-state index contributed by atoms with van der Waals surface area (Å²) in [7, 11) is 0. The summed E-state index contributed by atoms with van der Waals surface area (Å²) in [6.07, 6.45) is 1.72. The molecule has 4 nitrogen and oxygen atoms in total. The highest BCUT2D eigenvalue weighted by Gasteiger charge is 2.07. The Morgan fingerprint density at radius 3 is 2.48 bits per heavy atom. The number of carbonyl (C=O) groups is 1. The molecule has 1 aromatic heterocycles. The number of ether oxygens (including phenoxy) is 1. The number of nitrogens with one attached hydrogen (secondary N) is 1. The molecule has 0 saturated carbocycles. The van der Waals surface area contributed by atoms with Crippen molar-refractivity contribution in [1.29, 1.82) is 0 Å². The summed E-state index contributed by atoms with van der Waals surface area (Å²) in [5.41, 5.74) is 3.16. The molecule has 1 aromatic carbocycles. The lowest BCUT2D eigenvalue weighted by Crippen LogP contribution is -2.21. The first-order valence-electron chi connectivity index (χ1n) is 6.57. The number of nitrogens with zero attached hydrogens (tertiary/aromatic N) is 1. The van der Waals surface area contributed by atoms with Crippen molar-refractivity contribution in [3.05, 3.63) is 50.7 Å². The molecular weight excluding hydrogens is 379 g/mol. The fraction of sp³-hybridized carbons (Fsp3) is 0.250. The van der Waals surface area contributed by atoms with E-state index in [0.29, 0.717) is 11.6 Å². The number of carbonyl (C=O) groups excluding carboxylic acids is 1. The van der Waals surface area contributed by atoms with Crippen molar-refractivity contribution in [2.45, 2.75) is 20.8 Å². The van der Waals surface area contributed by atoms with Crippen molar-refractivity contribution in [3.63, 3.8) is 0 Å². The van der Waals surface area contributed by atoms with E-state index in [2.05, 4.69) is 39.0 Å². The Morgan fingerprint density at radius 2 is 1.86 bits per heavy atom. The quantitative estimate of drug-likeness (QED) is 0.804. The van der Waals surface area contributed by atoms with E-state index in [1.165, 1.54) is 0 Å². The highest BCUT2D eigenvalue weighted by Crippen LogP contribution is 2.17. The van der Waals surface area contributed by atoms with Gasteiger partial charge < -0.3 is 10.1 Å². The maximum atomic E-state index is 11.9. The molecule has 1 amide bonds. The number of rotatable bonds is 4. The van der Waals surface area contributed by atoms with Crippen molar-refractivity contribution in [2.24, 2.45) is 0 Å². The van der Waals surface area contributed by atoms with E-state index in [-0.39, 0.29) is 12.5 Å². The van der Waals surface area contributed by atoms with Gasteiger partial charge in [0.15, 0.2) is 6.61 Å². The Kier molecular flexibility index (Phi) is 5.17. The Morgan fingerprint density at radius 1 is 1.19 bits per heavy atom. The van der Waals surface area contributed by atoms with Crippen LogP contribution in [-0.4, -0.2) is 17.5 Å². The molecule has 2 aromatic rings. The first kappa shape index (κ1) is 15.8. The lowest BCUT2D eigenvalue weighted by molar-refractivity contribution is -0.118. The molecule has 0 saturated heterocycles. The molecule has 0 aliphatic heterocycles. The van der Waals surface area contributed by atoms with Crippen LogP contribution < -0.4 is 10.1 Å². The summed E-state index contributed by atoms with van der Waals surface area (Å²) >= 11 is 2.19. The molecule has 0 atom stereocenters. The Hall–Kier alpha value is -1.63. The zero-order valence-corrected chi connectivity index (χ0v) is 14.4. The number of amides is 1. The van der Waals surface area contributed by atoms with Crippen LogP contribution in [0.4, 0.5) is 5.82 Å². The zero-order chi connectivity index (χ0) is 15.4. The maximum Gasteiger partial charge on any atom is 0.263 e. The molecule has 110 valence electrons. The predicted octanol–water partition coefficient (Wildman–Crippen LogP) is 3.63. The highest BCUT2D eigenvalue weighted by molar-refractivity contribution is 14.1. The second kappa shape index (κ2) is 6.89. The molecule has 0 unspecified atom stereocenters. The number of hydrogen-bond donors (Lipinski definition) is 1. The zero-order valence-electron chi connectivity index (χ0n) is 12.2. The van der Waals surface area contributed by atoms with Gasteiger partial charge in [-0.05, 0) is 78.3 Å². The third kappa shape index (κ3) is 4.70. The van der Waals surface area contributed by atoms with Gasteiger partial charge in [0.2, 0.25) is 0 Å². The van der Waals surface area contributed by atoms with Crippen molar-refractivity contribution in [2.75, 3.05) is 11.9 Å². The molecule has 1 heterocycles. The van der Waals surface area contributed by atoms with Gasteiger partial charge in [0.25, 0.3) is 5.91 Å². The van der Waals surface area contributed by atoms with Crippen molar-refractivity contribution in [3.8, 4) is 5.75 Å². The third-order valence-electron chi connectivity index (χ3n) is 2.87. The third-order valence-corrected chi connectivity index (χ3v) is 3.46. The van der Waals surface area contributed by atoms with E-state index in [1.54, 1.807) is 6.20 Å². The van der Waals surface area contributed by atoms with E-state index in [4.69, 9.17) is 4.74 Å². The van der Waals surface area contributed by atoms with Crippen LogP contribution in [0.5, 0.6) is 5.75 Å². The summed E-state index contributed by atoms with van der Waals surface area (Å²) in [6, 6.07) is 7.85. The van der Waals surface area contributed by atoms with Crippen LogP contribution in [0.2, 0.25) is 0 Å². The van der Waals surface area contributed by atoms with Crippen LogP contribution in [0, 0.1) is 24.3 Å². The molecule has 5 heteroatoms. The molecule has 0 radical (unpaired) electrons. The number of pyridine rings is 1. The summed E-state index contributed by atoms with van der Waals surface area (Å²) < 4.78 is 6.56. The van der Waals surface area contributed by atoms with Gasteiger partial charge in [-0.1, -0.05) is 6.07 Å². The Bertz CT molecular complexity index is 651. The minimum atomic E-state index is -0.217. The lowest BCUT2D eigenvalue weighted by Gasteiger charge is -2.10. The van der Waals surface area contributed by atoms with Crippen LogP contribution >= 0.6 is 22.6 Å². The smallest absolute Gasteiger partial charge is 0.263 e. The second-order valence-corrected chi connectivity index (χ2v) is 6.22. The fourth-order valence-corrected chi connectivity index (χ4v) is 2.61. The first-order valence-corrected chi connectivity index (χ1v) is 7.65. The van der Waals surface area contributed by atoms with Crippen molar-refractivity contribution in [1.82, 2.24) is 4.98 Å². The van der Waals surface area contributed by atoms with Crippen LogP contribution in [0.15, 0.2) is 30.5 Å². The Labute approximate surface area is 138 Å². The van der Waals surface area contributed by atoms with Crippen LogP contribution in [0.1, 0.15) is 16.7 Å². The lowest BCUT2D eigenvalue weighted by atomic mass is 10.1. The van der Waals surface area contributed by atoms with Crippen molar-refractivity contribution >= 4 is 34.3 Å². The fourth-order valence-electron chi connectivity index (χ4n) is 2.00. The van der Waals surface area contributed by atoms with Gasteiger partial charge in [0.1, 0.15) is 11.6 Å². The number of anilines is 1. The summed E-state index contributed by atoms with van der Waals surface area (Å²) in [4.78, 5) is 16.1. The van der Waals surface area contributed by atoms with E-state index in [9.17, 15) is 4.79 Å². The monoisotopic (exact) mass is 396 g/mol. The molecule has 1 N–H and O–H groups in total. The molecule has 0 bridgehead atoms. The van der Waals surface area contributed by atoms with E-state index < -0.39 is 0 Å². The molecule has 21 heavy (non-hydrogen) atoms. The second-order valence-electron chi connectivity index (χ2n) is 4.98. The number of benzene rings is 1. The standard InChI is InChI=1S/C16H17IN2O2/c1-10-4-11(2)6-14(5-10)21-9-15(20)19-16-12(3)7-13(17)8-18-16/h4-8H,9H2,1-3H3,(H,18,19,20). The molecule has 2 rings (SSSR count). The van der Waals surface area contributed by atoms with Gasteiger partial charge in [0, 0.05) is 9.77 Å². The largest absolute Gasteiger partial charge is 0.484 e. The molecule has 0 spiro atoms. The Balaban J connectivity index is 1.95. The van der Waals surface area contributed by atoms with Crippen LogP contribution in [0.25, 0.3) is 0 Å². The summed E-state index contributed by atoms with van der Waals surface area (Å²) in [5.74, 6) is 1.06. The first-order chi connectivity index (χ1) is 9.94. The SMILES string of the molecule is Cc1cc(C)cc(OCC(=O)Nc2ncc(I)cc2C)c1. The number of aryl methyl sites for hydroxylation is 3. The van der Waals surface area contributed by atoms with E-state index >= 15 is 0 Å².